The zero-order valence-electron chi connectivity index (χ0n) is 9.93. The number of carbonyl (C=O) groups excluding carboxylic acids is 1. The molecule has 0 bridgehead atoms. The fourth-order valence-electron chi connectivity index (χ4n) is 1.43. The smallest absolute Gasteiger partial charge is 0.338 e. The highest BCUT2D eigenvalue weighted by Crippen LogP contribution is 2.24. The lowest BCUT2D eigenvalue weighted by atomic mass is 9.99. The molecule has 1 aromatic rings. The van der Waals surface area contributed by atoms with E-state index in [2.05, 4.69) is 4.74 Å². The molecule has 1 rings (SSSR count). The van der Waals surface area contributed by atoms with Crippen molar-refractivity contribution in [3.63, 3.8) is 0 Å². The first kappa shape index (κ1) is 15.0. The van der Waals surface area contributed by atoms with Gasteiger partial charge in [0.05, 0.1) is 18.2 Å². The van der Waals surface area contributed by atoms with Gasteiger partial charge < -0.3 is 14.9 Å². The number of hydrogen-bond donors (Lipinski definition) is 2. The summed E-state index contributed by atoms with van der Waals surface area (Å²) in [4.78, 5) is 11.2. The first-order valence-corrected chi connectivity index (χ1v) is 5.34. The molecule has 0 aliphatic rings. The summed E-state index contributed by atoms with van der Waals surface area (Å²) in [6.45, 7) is 1.47. The molecule has 0 heterocycles. The standard InChI is InChI=1S/C12H11F2NO4/c1-2-19-12(18)11(17)10(16)7-4-9(14)8(13)3-6(7)5-15/h3-4,10-11,16-17H,2H2,1H3. The van der Waals surface area contributed by atoms with Crippen molar-refractivity contribution >= 4 is 5.97 Å². The van der Waals surface area contributed by atoms with Gasteiger partial charge in [-0.05, 0) is 19.1 Å². The van der Waals surface area contributed by atoms with Crippen molar-refractivity contribution in [3.05, 3.63) is 34.9 Å². The van der Waals surface area contributed by atoms with Crippen LogP contribution >= 0.6 is 0 Å². The molecule has 7 heteroatoms. The van der Waals surface area contributed by atoms with Crippen LogP contribution in [0.2, 0.25) is 0 Å². The van der Waals surface area contributed by atoms with Crippen LogP contribution in [0.25, 0.3) is 0 Å². The van der Waals surface area contributed by atoms with E-state index in [0.717, 1.165) is 0 Å². The Hall–Kier alpha value is -2.04. The fourth-order valence-corrected chi connectivity index (χ4v) is 1.43. The predicted octanol–water partition coefficient (Wildman–Crippen LogP) is 0.794. The van der Waals surface area contributed by atoms with E-state index in [1.807, 2.05) is 0 Å². The molecule has 5 nitrogen and oxygen atoms in total. The number of nitriles is 1. The molecule has 0 radical (unpaired) electrons. The summed E-state index contributed by atoms with van der Waals surface area (Å²) >= 11 is 0. The molecule has 102 valence electrons. The van der Waals surface area contributed by atoms with Crippen LogP contribution in [0.5, 0.6) is 0 Å². The lowest BCUT2D eigenvalue weighted by molar-refractivity contribution is -0.159. The molecule has 0 fully saturated rings. The summed E-state index contributed by atoms with van der Waals surface area (Å²) in [7, 11) is 0. The number of carbonyl (C=O) groups is 1. The van der Waals surface area contributed by atoms with E-state index in [1.54, 1.807) is 6.07 Å². The molecule has 0 saturated carbocycles. The Bertz CT molecular complexity index is 527. The number of aliphatic hydroxyl groups excluding tert-OH is 2. The van der Waals surface area contributed by atoms with Crippen molar-refractivity contribution in [2.24, 2.45) is 0 Å². The van der Waals surface area contributed by atoms with Gasteiger partial charge in [-0.25, -0.2) is 13.6 Å². The van der Waals surface area contributed by atoms with Gasteiger partial charge in [-0.2, -0.15) is 5.26 Å². The van der Waals surface area contributed by atoms with E-state index in [9.17, 15) is 23.8 Å². The van der Waals surface area contributed by atoms with Gasteiger partial charge in [0.2, 0.25) is 0 Å². The third-order valence-corrected chi connectivity index (χ3v) is 2.36. The second-order valence-electron chi connectivity index (χ2n) is 3.61. The summed E-state index contributed by atoms with van der Waals surface area (Å²) in [6.07, 6.45) is -3.87. The van der Waals surface area contributed by atoms with E-state index in [4.69, 9.17) is 5.26 Å². The van der Waals surface area contributed by atoms with Crippen molar-refractivity contribution in [2.45, 2.75) is 19.1 Å². The van der Waals surface area contributed by atoms with E-state index in [-0.39, 0.29) is 17.7 Å². The number of hydrogen-bond acceptors (Lipinski definition) is 5. The maximum absolute atomic E-state index is 13.1. The molecule has 1 aromatic carbocycles. The molecule has 2 unspecified atom stereocenters. The SMILES string of the molecule is CCOC(=O)C(O)C(O)c1cc(F)c(F)cc1C#N. The zero-order valence-corrected chi connectivity index (χ0v) is 9.93. The molecule has 2 atom stereocenters. The molecule has 0 spiro atoms. The predicted molar refractivity (Wildman–Crippen MR) is 58.7 cm³/mol. The molecule has 0 aliphatic carbocycles. The molecular weight excluding hydrogens is 260 g/mol. The van der Waals surface area contributed by atoms with E-state index in [1.165, 1.54) is 6.92 Å². The monoisotopic (exact) mass is 271 g/mol. The Kier molecular flexibility index (Phi) is 4.92. The molecule has 19 heavy (non-hydrogen) atoms. The quantitative estimate of drug-likeness (QED) is 0.790. The minimum absolute atomic E-state index is 0.0223. The average molecular weight is 271 g/mol. The van der Waals surface area contributed by atoms with Gasteiger partial charge in [-0.1, -0.05) is 0 Å². The van der Waals surface area contributed by atoms with Crippen LogP contribution in [0, 0.1) is 23.0 Å². The lowest BCUT2D eigenvalue weighted by Gasteiger charge is -2.17. The minimum atomic E-state index is -1.99. The number of esters is 1. The molecule has 0 aliphatic heterocycles. The Morgan fingerprint density at radius 1 is 1.42 bits per heavy atom. The first-order valence-electron chi connectivity index (χ1n) is 5.34. The van der Waals surface area contributed by atoms with E-state index >= 15 is 0 Å². The van der Waals surface area contributed by atoms with Gasteiger partial charge in [-0.3, -0.25) is 0 Å². The number of halogens is 2. The van der Waals surface area contributed by atoms with E-state index in [0.29, 0.717) is 12.1 Å². The summed E-state index contributed by atoms with van der Waals surface area (Å²) in [6, 6.07) is 2.67. The first-order chi connectivity index (χ1) is 8.92. The van der Waals surface area contributed by atoms with Gasteiger partial charge in [0.15, 0.2) is 17.7 Å². The number of aliphatic hydroxyl groups is 2. The zero-order chi connectivity index (χ0) is 14.6. The summed E-state index contributed by atoms with van der Waals surface area (Å²) < 4.78 is 30.5. The minimum Gasteiger partial charge on any atom is -0.464 e. The molecule has 0 amide bonds. The maximum atomic E-state index is 13.1. The highest BCUT2D eigenvalue weighted by atomic mass is 19.2. The van der Waals surface area contributed by atoms with Crippen LogP contribution in [0.4, 0.5) is 8.78 Å². The van der Waals surface area contributed by atoms with Crippen LogP contribution in [-0.2, 0) is 9.53 Å². The largest absolute Gasteiger partial charge is 0.464 e. The van der Waals surface area contributed by atoms with Crippen LogP contribution in [0.1, 0.15) is 24.2 Å². The fraction of sp³-hybridized carbons (Fsp3) is 0.333. The summed E-state index contributed by atoms with van der Waals surface area (Å²) in [5, 5.41) is 28.0. The maximum Gasteiger partial charge on any atom is 0.338 e. The highest BCUT2D eigenvalue weighted by Gasteiger charge is 2.29. The Labute approximate surface area is 107 Å². The highest BCUT2D eigenvalue weighted by molar-refractivity contribution is 5.75. The topological polar surface area (TPSA) is 90.6 Å². The molecule has 0 aromatic heterocycles. The Morgan fingerprint density at radius 3 is 2.53 bits per heavy atom. The third-order valence-electron chi connectivity index (χ3n) is 2.36. The second kappa shape index (κ2) is 6.22. The van der Waals surface area contributed by atoms with Gasteiger partial charge in [0.1, 0.15) is 6.10 Å². The van der Waals surface area contributed by atoms with Crippen LogP contribution in [0.3, 0.4) is 0 Å². The number of ether oxygens (including phenoxy) is 1. The van der Waals surface area contributed by atoms with Crippen LogP contribution in [-0.4, -0.2) is 28.9 Å². The lowest BCUT2D eigenvalue weighted by Crippen LogP contribution is -2.30. The van der Waals surface area contributed by atoms with Crippen molar-refractivity contribution in [3.8, 4) is 6.07 Å². The summed E-state index contributed by atoms with van der Waals surface area (Å²) in [5.41, 5.74) is -0.767. The van der Waals surface area contributed by atoms with Gasteiger partial charge in [0, 0.05) is 5.56 Å². The van der Waals surface area contributed by atoms with Crippen molar-refractivity contribution in [1.29, 1.82) is 5.26 Å². The van der Waals surface area contributed by atoms with Gasteiger partial charge in [0.25, 0.3) is 0 Å². The average Bonchev–Trinajstić information content (AvgIpc) is 2.39. The molecule has 0 saturated heterocycles. The molecule has 2 N–H and O–H groups in total. The second-order valence-corrected chi connectivity index (χ2v) is 3.61. The van der Waals surface area contributed by atoms with E-state index < -0.39 is 29.8 Å². The number of rotatable bonds is 4. The number of nitrogens with zero attached hydrogens (tertiary/aromatic N) is 1. The van der Waals surface area contributed by atoms with Crippen LogP contribution < -0.4 is 0 Å². The van der Waals surface area contributed by atoms with Crippen LogP contribution in [0.15, 0.2) is 12.1 Å². The molecular formula is C12H11F2NO4. The van der Waals surface area contributed by atoms with Gasteiger partial charge >= 0.3 is 5.97 Å². The Morgan fingerprint density at radius 2 is 2.00 bits per heavy atom. The number of benzene rings is 1. The normalized spacial score (nSPS) is 13.5. The Balaban J connectivity index is 3.12. The van der Waals surface area contributed by atoms with Gasteiger partial charge in [-0.15, -0.1) is 0 Å². The van der Waals surface area contributed by atoms with Crippen molar-refractivity contribution in [1.82, 2.24) is 0 Å². The van der Waals surface area contributed by atoms with Crippen molar-refractivity contribution in [2.75, 3.05) is 6.61 Å². The van der Waals surface area contributed by atoms with Crippen molar-refractivity contribution < 1.29 is 28.5 Å². The summed E-state index contributed by atoms with van der Waals surface area (Å²) in [5.74, 6) is -3.69. The third kappa shape index (κ3) is 3.24.